The van der Waals surface area contributed by atoms with E-state index in [9.17, 15) is 4.79 Å². The topological polar surface area (TPSA) is 41.1 Å². The van der Waals surface area contributed by atoms with Gasteiger partial charge in [-0.15, -0.1) is 24.2 Å². The molecular weight excluding hydrogens is 327 g/mol. The van der Waals surface area contributed by atoms with Crippen molar-refractivity contribution in [3.8, 4) is 0 Å². The molecule has 21 heavy (non-hydrogen) atoms. The predicted octanol–water partition coefficient (Wildman–Crippen LogP) is 3.56. The van der Waals surface area contributed by atoms with E-state index in [0.717, 1.165) is 42.1 Å². The Morgan fingerprint density at radius 2 is 2.19 bits per heavy atom. The van der Waals surface area contributed by atoms with E-state index in [1.807, 2.05) is 23.9 Å². The maximum atomic E-state index is 12.3. The van der Waals surface area contributed by atoms with Crippen LogP contribution >= 0.6 is 35.8 Å². The lowest BCUT2D eigenvalue weighted by atomic mass is 10.0. The fraction of sp³-hybridized carbons (Fsp3) is 0.533. The van der Waals surface area contributed by atoms with E-state index in [2.05, 4.69) is 16.7 Å². The minimum absolute atomic E-state index is 0. The summed E-state index contributed by atoms with van der Waals surface area (Å²) >= 11 is 7.93. The van der Waals surface area contributed by atoms with Crippen molar-refractivity contribution in [2.75, 3.05) is 12.3 Å². The van der Waals surface area contributed by atoms with Crippen molar-refractivity contribution >= 4 is 41.7 Å². The molecule has 0 spiro atoms. The zero-order valence-electron chi connectivity index (χ0n) is 11.7. The second kappa shape index (κ2) is 7.73. The van der Waals surface area contributed by atoms with E-state index >= 15 is 0 Å². The Balaban J connectivity index is 0.00000161. The molecule has 1 fully saturated rings. The van der Waals surface area contributed by atoms with Gasteiger partial charge in [-0.2, -0.15) is 0 Å². The maximum absolute atomic E-state index is 12.3. The number of fused-ring (bicyclic) bond motifs is 1. The summed E-state index contributed by atoms with van der Waals surface area (Å²) in [6.45, 7) is 0.945. The molecule has 3 nitrogen and oxygen atoms in total. The SMILES string of the molecule is Cl.O=C(NC1CCSc2ccc(Cl)cc21)[C@@H]1CCCCN1. The third kappa shape index (κ3) is 4.07. The van der Waals surface area contributed by atoms with Crippen LogP contribution in [0, 0.1) is 0 Å². The molecule has 1 saturated heterocycles. The van der Waals surface area contributed by atoms with Gasteiger partial charge in [0.05, 0.1) is 12.1 Å². The molecule has 2 aliphatic heterocycles. The molecule has 1 aromatic carbocycles. The van der Waals surface area contributed by atoms with Crippen LogP contribution in [0.4, 0.5) is 0 Å². The van der Waals surface area contributed by atoms with Crippen LogP contribution in [-0.2, 0) is 4.79 Å². The van der Waals surface area contributed by atoms with Gasteiger partial charge in [-0.1, -0.05) is 18.0 Å². The number of rotatable bonds is 2. The predicted molar refractivity (Wildman–Crippen MR) is 90.6 cm³/mol. The van der Waals surface area contributed by atoms with Crippen LogP contribution in [0.1, 0.15) is 37.3 Å². The average molecular weight is 347 g/mol. The molecule has 0 saturated carbocycles. The quantitative estimate of drug-likeness (QED) is 0.860. The lowest BCUT2D eigenvalue weighted by molar-refractivity contribution is -0.124. The van der Waals surface area contributed by atoms with Crippen LogP contribution in [0.25, 0.3) is 0 Å². The molecule has 6 heteroatoms. The third-order valence-electron chi connectivity index (χ3n) is 3.95. The lowest BCUT2D eigenvalue weighted by Crippen LogP contribution is -2.47. The first kappa shape index (κ1) is 16.9. The molecule has 0 bridgehead atoms. The summed E-state index contributed by atoms with van der Waals surface area (Å²) in [5.41, 5.74) is 1.16. The average Bonchev–Trinajstić information content (AvgIpc) is 2.49. The van der Waals surface area contributed by atoms with Gasteiger partial charge in [0.25, 0.3) is 0 Å². The first-order chi connectivity index (χ1) is 9.74. The van der Waals surface area contributed by atoms with E-state index in [1.54, 1.807) is 0 Å². The van der Waals surface area contributed by atoms with Gasteiger partial charge in [-0.3, -0.25) is 4.79 Å². The second-order valence-electron chi connectivity index (χ2n) is 5.38. The van der Waals surface area contributed by atoms with E-state index in [1.165, 1.54) is 11.3 Å². The highest BCUT2D eigenvalue weighted by molar-refractivity contribution is 7.99. The Labute approximate surface area is 141 Å². The Hall–Kier alpha value is -0.420. The number of halogens is 2. The van der Waals surface area contributed by atoms with Gasteiger partial charge in [0, 0.05) is 15.7 Å². The van der Waals surface area contributed by atoms with Crippen molar-refractivity contribution < 1.29 is 4.79 Å². The zero-order valence-corrected chi connectivity index (χ0v) is 14.1. The van der Waals surface area contributed by atoms with Gasteiger partial charge in [0.1, 0.15) is 0 Å². The van der Waals surface area contributed by atoms with Gasteiger partial charge < -0.3 is 10.6 Å². The first-order valence-corrected chi connectivity index (χ1v) is 8.56. The molecule has 1 unspecified atom stereocenters. The Bertz CT molecular complexity index is 506. The third-order valence-corrected chi connectivity index (χ3v) is 5.31. The van der Waals surface area contributed by atoms with Gasteiger partial charge in [-0.05, 0) is 49.6 Å². The molecule has 0 aliphatic carbocycles. The Morgan fingerprint density at radius 1 is 1.33 bits per heavy atom. The molecule has 0 radical (unpaired) electrons. The summed E-state index contributed by atoms with van der Waals surface area (Å²) in [7, 11) is 0. The highest BCUT2D eigenvalue weighted by Crippen LogP contribution is 2.37. The fourth-order valence-corrected chi connectivity index (χ4v) is 4.15. The molecule has 3 rings (SSSR count). The summed E-state index contributed by atoms with van der Waals surface area (Å²) < 4.78 is 0. The van der Waals surface area contributed by atoms with Gasteiger partial charge in [-0.25, -0.2) is 0 Å². The van der Waals surface area contributed by atoms with Gasteiger partial charge >= 0.3 is 0 Å². The highest BCUT2D eigenvalue weighted by Gasteiger charge is 2.26. The molecule has 2 aliphatic rings. The van der Waals surface area contributed by atoms with E-state index in [0.29, 0.717) is 0 Å². The van der Waals surface area contributed by atoms with Crippen LogP contribution in [0.5, 0.6) is 0 Å². The summed E-state index contributed by atoms with van der Waals surface area (Å²) in [6, 6.07) is 6.03. The molecule has 2 N–H and O–H groups in total. The Kier molecular flexibility index (Phi) is 6.23. The van der Waals surface area contributed by atoms with Crippen molar-refractivity contribution in [2.24, 2.45) is 0 Å². The van der Waals surface area contributed by atoms with Crippen molar-refractivity contribution in [2.45, 2.75) is 42.7 Å². The van der Waals surface area contributed by atoms with Gasteiger partial charge in [0.2, 0.25) is 5.91 Å². The summed E-state index contributed by atoms with van der Waals surface area (Å²) in [4.78, 5) is 13.6. The number of thioether (sulfide) groups is 1. The first-order valence-electron chi connectivity index (χ1n) is 7.20. The van der Waals surface area contributed by atoms with E-state index < -0.39 is 0 Å². The van der Waals surface area contributed by atoms with Crippen LogP contribution in [0.3, 0.4) is 0 Å². The van der Waals surface area contributed by atoms with Crippen molar-refractivity contribution in [1.29, 1.82) is 0 Å². The van der Waals surface area contributed by atoms with Crippen molar-refractivity contribution in [3.05, 3.63) is 28.8 Å². The largest absolute Gasteiger partial charge is 0.348 e. The van der Waals surface area contributed by atoms with Crippen LogP contribution in [0.2, 0.25) is 5.02 Å². The minimum atomic E-state index is -0.0269. The van der Waals surface area contributed by atoms with Crippen molar-refractivity contribution in [3.63, 3.8) is 0 Å². The molecule has 1 amide bonds. The molecule has 1 aromatic rings. The number of amides is 1. The maximum Gasteiger partial charge on any atom is 0.237 e. The van der Waals surface area contributed by atoms with Gasteiger partial charge in [0.15, 0.2) is 0 Å². The number of piperidine rings is 1. The highest BCUT2D eigenvalue weighted by atomic mass is 35.5. The zero-order chi connectivity index (χ0) is 13.9. The number of nitrogens with one attached hydrogen (secondary N) is 2. The molecule has 0 aromatic heterocycles. The fourth-order valence-electron chi connectivity index (χ4n) is 2.86. The van der Waals surface area contributed by atoms with Crippen LogP contribution in [0.15, 0.2) is 23.1 Å². The lowest BCUT2D eigenvalue weighted by Gasteiger charge is -2.29. The smallest absolute Gasteiger partial charge is 0.237 e. The van der Waals surface area contributed by atoms with E-state index in [-0.39, 0.29) is 30.4 Å². The summed E-state index contributed by atoms with van der Waals surface area (Å²) in [5, 5.41) is 7.24. The molecule has 2 atom stereocenters. The Morgan fingerprint density at radius 3 is 2.95 bits per heavy atom. The second-order valence-corrected chi connectivity index (χ2v) is 6.96. The monoisotopic (exact) mass is 346 g/mol. The molecule has 116 valence electrons. The van der Waals surface area contributed by atoms with E-state index in [4.69, 9.17) is 11.6 Å². The van der Waals surface area contributed by atoms with Crippen molar-refractivity contribution in [1.82, 2.24) is 10.6 Å². The number of carbonyl (C=O) groups excluding carboxylic acids is 1. The number of hydrogen-bond donors (Lipinski definition) is 2. The van der Waals surface area contributed by atoms with Crippen LogP contribution in [-0.4, -0.2) is 24.2 Å². The normalized spacial score (nSPS) is 24.6. The number of benzene rings is 1. The molecule has 2 heterocycles. The molecular formula is C15H20Cl2N2OS. The standard InChI is InChI=1S/C15H19ClN2OS.ClH/c16-10-4-5-14-11(9-10)12(6-8-20-14)18-15(19)13-3-1-2-7-17-13;/h4-5,9,12-13,17H,1-3,6-8H2,(H,18,19);1H/t12?,13-;/m0./s1. The summed E-state index contributed by atoms with van der Waals surface area (Å²) in [5.74, 6) is 1.17. The minimum Gasteiger partial charge on any atom is -0.348 e. The van der Waals surface area contributed by atoms with Crippen LogP contribution < -0.4 is 10.6 Å². The summed E-state index contributed by atoms with van der Waals surface area (Å²) in [6.07, 6.45) is 4.21. The number of carbonyl (C=O) groups is 1. The number of hydrogen-bond acceptors (Lipinski definition) is 3.